The average molecular weight is 248 g/mol. The SMILES string of the molecule is O=CC(=O)C1CNCN1COCc1ccccc1. The summed E-state index contributed by atoms with van der Waals surface area (Å²) in [5.74, 6) is -0.400. The number of carbonyl (C=O) groups is 2. The third-order valence-corrected chi connectivity index (χ3v) is 2.91. The lowest BCUT2D eigenvalue weighted by molar-refractivity contribution is -0.134. The maximum Gasteiger partial charge on any atom is 0.213 e. The number of benzene rings is 1. The van der Waals surface area contributed by atoms with Gasteiger partial charge in [-0.3, -0.25) is 14.5 Å². The third-order valence-electron chi connectivity index (χ3n) is 2.91. The van der Waals surface area contributed by atoms with Crippen LogP contribution in [0.2, 0.25) is 0 Å². The van der Waals surface area contributed by atoms with Crippen LogP contribution >= 0.6 is 0 Å². The van der Waals surface area contributed by atoms with Crippen LogP contribution in [0.1, 0.15) is 5.56 Å². The van der Waals surface area contributed by atoms with E-state index in [1.165, 1.54) is 0 Å². The third kappa shape index (κ3) is 3.22. The van der Waals surface area contributed by atoms with Gasteiger partial charge in [-0.15, -0.1) is 0 Å². The maximum absolute atomic E-state index is 11.4. The Bertz CT molecular complexity index is 408. The Kier molecular flexibility index (Phi) is 4.58. The van der Waals surface area contributed by atoms with Crippen LogP contribution in [-0.4, -0.2) is 43.0 Å². The van der Waals surface area contributed by atoms with Crippen molar-refractivity contribution in [3.8, 4) is 0 Å². The number of nitrogens with one attached hydrogen (secondary N) is 1. The first kappa shape index (κ1) is 12.9. The molecular formula is C13H16N2O3. The second-order valence-electron chi connectivity index (χ2n) is 4.20. The maximum atomic E-state index is 11.4. The number of rotatable bonds is 6. The molecule has 0 amide bonds. The number of carbonyl (C=O) groups excluding carboxylic acids is 2. The number of hydrogen-bond acceptors (Lipinski definition) is 5. The summed E-state index contributed by atoms with van der Waals surface area (Å²) >= 11 is 0. The lowest BCUT2D eigenvalue weighted by Gasteiger charge is -2.20. The largest absolute Gasteiger partial charge is 0.361 e. The molecule has 1 aromatic carbocycles. The van der Waals surface area contributed by atoms with Crippen LogP contribution in [0.25, 0.3) is 0 Å². The van der Waals surface area contributed by atoms with Gasteiger partial charge < -0.3 is 10.1 Å². The normalized spacial score (nSPS) is 19.9. The fraction of sp³-hybridized carbons (Fsp3) is 0.385. The summed E-state index contributed by atoms with van der Waals surface area (Å²) in [5.41, 5.74) is 1.09. The highest BCUT2D eigenvalue weighted by Gasteiger charge is 2.29. The van der Waals surface area contributed by atoms with E-state index in [1.54, 1.807) is 0 Å². The van der Waals surface area contributed by atoms with E-state index in [2.05, 4.69) is 5.32 Å². The minimum absolute atomic E-state index is 0.339. The number of nitrogens with zero attached hydrogens (tertiary/aromatic N) is 1. The van der Waals surface area contributed by atoms with Crippen molar-refractivity contribution in [2.75, 3.05) is 19.9 Å². The van der Waals surface area contributed by atoms with E-state index in [1.807, 2.05) is 35.2 Å². The molecular weight excluding hydrogens is 232 g/mol. The van der Waals surface area contributed by atoms with Crippen LogP contribution in [0.4, 0.5) is 0 Å². The van der Waals surface area contributed by atoms with Crippen molar-refractivity contribution in [2.24, 2.45) is 0 Å². The van der Waals surface area contributed by atoms with Gasteiger partial charge in [0.2, 0.25) is 5.78 Å². The van der Waals surface area contributed by atoms with Crippen LogP contribution in [0.15, 0.2) is 30.3 Å². The first-order valence-corrected chi connectivity index (χ1v) is 5.86. The van der Waals surface area contributed by atoms with Gasteiger partial charge in [-0.1, -0.05) is 30.3 Å². The van der Waals surface area contributed by atoms with Crippen molar-refractivity contribution >= 4 is 12.1 Å². The van der Waals surface area contributed by atoms with E-state index in [0.717, 1.165) is 5.56 Å². The predicted octanol–water partition coefficient (Wildman–Crippen LogP) is 0.160. The molecule has 0 aliphatic carbocycles. The molecule has 0 radical (unpaired) electrons. The Hall–Kier alpha value is -1.56. The molecule has 0 bridgehead atoms. The standard InChI is InChI=1S/C13H16N2O3/c16-7-13(17)12-6-14-9-15(12)10-18-8-11-4-2-1-3-5-11/h1-5,7,12,14H,6,8-10H2. The molecule has 1 fully saturated rings. The second kappa shape index (κ2) is 6.39. The summed E-state index contributed by atoms with van der Waals surface area (Å²) in [5, 5.41) is 3.05. The molecule has 5 nitrogen and oxygen atoms in total. The Balaban J connectivity index is 1.79. The molecule has 0 aromatic heterocycles. The lowest BCUT2D eigenvalue weighted by Crippen LogP contribution is -2.39. The molecule has 1 heterocycles. The first-order chi connectivity index (χ1) is 8.81. The van der Waals surface area contributed by atoms with Crippen molar-refractivity contribution in [3.05, 3.63) is 35.9 Å². The topological polar surface area (TPSA) is 58.6 Å². The van der Waals surface area contributed by atoms with E-state index in [0.29, 0.717) is 32.8 Å². The van der Waals surface area contributed by atoms with E-state index >= 15 is 0 Å². The number of hydrogen-bond donors (Lipinski definition) is 1. The van der Waals surface area contributed by atoms with Crippen molar-refractivity contribution in [1.82, 2.24) is 10.2 Å². The van der Waals surface area contributed by atoms with Gasteiger partial charge in [0.1, 0.15) is 6.73 Å². The van der Waals surface area contributed by atoms with E-state index < -0.39 is 11.8 Å². The van der Waals surface area contributed by atoms with Gasteiger partial charge in [-0.25, -0.2) is 0 Å². The lowest BCUT2D eigenvalue weighted by atomic mass is 10.2. The fourth-order valence-electron chi connectivity index (χ4n) is 1.93. The molecule has 0 spiro atoms. The van der Waals surface area contributed by atoms with Crippen molar-refractivity contribution in [3.63, 3.8) is 0 Å². The number of Topliss-reactive ketones (excluding diaryl/α,β-unsaturated/α-hetero) is 1. The summed E-state index contributed by atoms with van der Waals surface area (Å²) in [6.45, 7) is 1.91. The van der Waals surface area contributed by atoms with Crippen molar-refractivity contribution in [2.45, 2.75) is 12.6 Å². The zero-order valence-corrected chi connectivity index (χ0v) is 10.0. The number of ketones is 1. The first-order valence-electron chi connectivity index (χ1n) is 5.86. The Morgan fingerprint density at radius 1 is 1.44 bits per heavy atom. The molecule has 1 saturated heterocycles. The monoisotopic (exact) mass is 248 g/mol. The molecule has 5 heteroatoms. The zero-order chi connectivity index (χ0) is 12.8. The zero-order valence-electron chi connectivity index (χ0n) is 10.0. The van der Waals surface area contributed by atoms with Gasteiger partial charge in [-0.2, -0.15) is 0 Å². The van der Waals surface area contributed by atoms with Crippen LogP contribution in [0.3, 0.4) is 0 Å². The Labute approximate surface area is 106 Å². The molecule has 1 aliphatic rings. The van der Waals surface area contributed by atoms with E-state index in [-0.39, 0.29) is 0 Å². The van der Waals surface area contributed by atoms with Crippen LogP contribution in [-0.2, 0) is 20.9 Å². The molecule has 1 N–H and O–H groups in total. The second-order valence-corrected chi connectivity index (χ2v) is 4.20. The molecule has 0 saturated carbocycles. The summed E-state index contributed by atoms with van der Waals surface area (Å²) in [4.78, 5) is 23.7. The van der Waals surface area contributed by atoms with Crippen LogP contribution in [0, 0.1) is 0 Å². The quantitative estimate of drug-likeness (QED) is 0.574. The smallest absolute Gasteiger partial charge is 0.213 e. The average Bonchev–Trinajstić information content (AvgIpc) is 2.87. The molecule has 96 valence electrons. The molecule has 2 rings (SSSR count). The van der Waals surface area contributed by atoms with Gasteiger partial charge in [0.05, 0.1) is 19.3 Å². The molecule has 1 aromatic rings. The summed E-state index contributed by atoms with van der Waals surface area (Å²) < 4.78 is 5.55. The molecule has 1 aliphatic heterocycles. The van der Waals surface area contributed by atoms with E-state index in [9.17, 15) is 9.59 Å². The van der Waals surface area contributed by atoms with Gasteiger partial charge in [0.25, 0.3) is 0 Å². The molecule has 1 unspecified atom stereocenters. The predicted molar refractivity (Wildman–Crippen MR) is 65.7 cm³/mol. The summed E-state index contributed by atoms with van der Waals surface area (Å²) in [6.07, 6.45) is 0.377. The summed E-state index contributed by atoms with van der Waals surface area (Å²) in [6, 6.07) is 9.43. The number of aldehydes is 1. The fourth-order valence-corrected chi connectivity index (χ4v) is 1.93. The minimum atomic E-state index is -0.400. The van der Waals surface area contributed by atoms with Gasteiger partial charge in [0.15, 0.2) is 6.29 Å². The van der Waals surface area contributed by atoms with Crippen molar-refractivity contribution < 1.29 is 14.3 Å². The van der Waals surface area contributed by atoms with Gasteiger partial charge >= 0.3 is 0 Å². The Morgan fingerprint density at radius 2 is 2.22 bits per heavy atom. The van der Waals surface area contributed by atoms with Gasteiger partial charge in [0, 0.05) is 6.54 Å². The Morgan fingerprint density at radius 3 is 2.94 bits per heavy atom. The van der Waals surface area contributed by atoms with Crippen LogP contribution in [0.5, 0.6) is 0 Å². The highest BCUT2D eigenvalue weighted by molar-refractivity contribution is 6.27. The highest BCUT2D eigenvalue weighted by atomic mass is 16.5. The molecule has 18 heavy (non-hydrogen) atoms. The van der Waals surface area contributed by atoms with E-state index in [4.69, 9.17) is 4.74 Å². The number of ether oxygens (including phenoxy) is 1. The van der Waals surface area contributed by atoms with Crippen LogP contribution < -0.4 is 5.32 Å². The van der Waals surface area contributed by atoms with Crippen molar-refractivity contribution in [1.29, 1.82) is 0 Å². The summed E-state index contributed by atoms with van der Waals surface area (Å²) in [7, 11) is 0. The minimum Gasteiger partial charge on any atom is -0.361 e. The molecule has 1 atom stereocenters. The highest BCUT2D eigenvalue weighted by Crippen LogP contribution is 2.07. The van der Waals surface area contributed by atoms with Gasteiger partial charge in [-0.05, 0) is 5.56 Å².